The first-order valence-electron chi connectivity index (χ1n) is 14.8. The number of nitrogens with one attached hydrogen (secondary N) is 1. The Labute approximate surface area is 251 Å². The average molecular weight is 578 g/mol. The minimum Gasteiger partial charge on any atom is -0.444 e. The molecular weight excluding hydrogens is 530 g/mol. The molecule has 1 aromatic carbocycles. The van der Waals surface area contributed by atoms with Crippen LogP contribution >= 0.6 is 0 Å². The van der Waals surface area contributed by atoms with Crippen LogP contribution in [0.2, 0.25) is 0 Å². The van der Waals surface area contributed by atoms with E-state index in [9.17, 15) is 10.1 Å². The van der Waals surface area contributed by atoms with Crippen LogP contribution in [-0.4, -0.2) is 75.4 Å². The van der Waals surface area contributed by atoms with Crippen LogP contribution in [0, 0.1) is 11.3 Å². The summed E-state index contributed by atoms with van der Waals surface area (Å²) in [6.07, 6.45) is 9.00. The van der Waals surface area contributed by atoms with Gasteiger partial charge in [-0.2, -0.15) is 5.26 Å². The Bertz CT molecular complexity index is 1200. The van der Waals surface area contributed by atoms with Crippen LogP contribution in [-0.2, 0) is 14.2 Å². The van der Waals surface area contributed by atoms with Crippen molar-refractivity contribution in [2.75, 3.05) is 57.6 Å². The molecule has 2 fully saturated rings. The van der Waals surface area contributed by atoms with Crippen LogP contribution in [0.1, 0.15) is 53.0 Å². The third kappa shape index (κ3) is 10.1. The van der Waals surface area contributed by atoms with Crippen LogP contribution in [0.4, 0.5) is 10.5 Å². The van der Waals surface area contributed by atoms with Gasteiger partial charge in [0.1, 0.15) is 5.60 Å². The molecule has 9 nitrogen and oxygen atoms in total. The second-order valence-electron chi connectivity index (χ2n) is 11.3. The maximum absolute atomic E-state index is 12.4. The molecule has 2 aliphatic heterocycles. The summed E-state index contributed by atoms with van der Waals surface area (Å²) in [6, 6.07) is 10.8. The number of amides is 1. The fourth-order valence-corrected chi connectivity index (χ4v) is 4.91. The minimum atomic E-state index is -0.538. The van der Waals surface area contributed by atoms with Gasteiger partial charge in [-0.15, -0.1) is 0 Å². The number of likely N-dealkylation sites (tertiary alicyclic amines) is 1. The molecule has 3 rings (SSSR count). The second-order valence-corrected chi connectivity index (χ2v) is 11.3. The lowest BCUT2D eigenvalue weighted by molar-refractivity contribution is 0.0232. The SMILES string of the molecule is C/C=C(\C=C(\C#N)COC1CCN(C(=O)OC(C)(C)C)C1)C(=C/C)/C/C=C(\NCN)c1ccc(N2CCOCC2)cc1. The highest BCUT2D eigenvalue weighted by atomic mass is 16.6. The van der Waals surface area contributed by atoms with Crippen molar-refractivity contribution in [1.82, 2.24) is 10.2 Å². The molecule has 2 aliphatic rings. The van der Waals surface area contributed by atoms with Gasteiger partial charge in [-0.05, 0) is 82.4 Å². The number of nitrogens with two attached hydrogens (primary N) is 1. The molecule has 0 spiro atoms. The van der Waals surface area contributed by atoms with Crippen molar-refractivity contribution in [3.63, 3.8) is 0 Å². The van der Waals surface area contributed by atoms with E-state index in [0.717, 1.165) is 48.7 Å². The number of nitriles is 1. The fraction of sp³-hybridized carbons (Fsp3) is 0.515. The molecule has 1 amide bonds. The lowest BCUT2D eigenvalue weighted by Crippen LogP contribution is -2.36. The number of benzene rings is 1. The molecule has 228 valence electrons. The summed E-state index contributed by atoms with van der Waals surface area (Å²) in [5, 5.41) is 13.1. The van der Waals surface area contributed by atoms with E-state index in [4.69, 9.17) is 19.9 Å². The van der Waals surface area contributed by atoms with Crippen LogP contribution in [0.3, 0.4) is 0 Å². The van der Waals surface area contributed by atoms with E-state index in [2.05, 4.69) is 52.7 Å². The van der Waals surface area contributed by atoms with Crippen LogP contribution < -0.4 is 16.0 Å². The number of carbonyl (C=O) groups is 1. The number of nitrogens with zero attached hydrogens (tertiary/aromatic N) is 3. The smallest absolute Gasteiger partial charge is 0.410 e. The zero-order valence-corrected chi connectivity index (χ0v) is 25.8. The Morgan fingerprint density at radius 2 is 1.88 bits per heavy atom. The van der Waals surface area contributed by atoms with Gasteiger partial charge in [-0.25, -0.2) is 4.79 Å². The van der Waals surface area contributed by atoms with Gasteiger partial charge in [-0.3, -0.25) is 0 Å². The largest absolute Gasteiger partial charge is 0.444 e. The van der Waals surface area contributed by atoms with Crippen LogP contribution in [0.15, 0.2) is 65.3 Å². The van der Waals surface area contributed by atoms with Gasteiger partial charge in [0, 0.05) is 31.0 Å². The Balaban J connectivity index is 1.62. The highest BCUT2D eigenvalue weighted by Gasteiger charge is 2.30. The first-order valence-corrected chi connectivity index (χ1v) is 14.8. The highest BCUT2D eigenvalue weighted by Crippen LogP contribution is 2.24. The number of anilines is 1. The lowest BCUT2D eigenvalue weighted by Gasteiger charge is -2.29. The molecule has 0 aliphatic carbocycles. The van der Waals surface area contributed by atoms with E-state index in [1.54, 1.807) is 4.90 Å². The van der Waals surface area contributed by atoms with Crippen molar-refractivity contribution in [2.24, 2.45) is 5.73 Å². The highest BCUT2D eigenvalue weighted by molar-refractivity contribution is 5.68. The van der Waals surface area contributed by atoms with Gasteiger partial charge in [0.2, 0.25) is 0 Å². The second kappa shape index (κ2) is 16.2. The first-order chi connectivity index (χ1) is 20.2. The van der Waals surface area contributed by atoms with Gasteiger partial charge < -0.3 is 35.1 Å². The maximum Gasteiger partial charge on any atom is 0.410 e. The zero-order valence-electron chi connectivity index (χ0n) is 25.8. The van der Waals surface area contributed by atoms with E-state index < -0.39 is 5.60 Å². The predicted molar refractivity (Wildman–Crippen MR) is 168 cm³/mol. The summed E-state index contributed by atoms with van der Waals surface area (Å²) < 4.78 is 17.0. The normalized spacial score (nSPS) is 19.1. The van der Waals surface area contributed by atoms with Crippen molar-refractivity contribution in [3.05, 3.63) is 70.9 Å². The molecule has 1 unspecified atom stereocenters. The van der Waals surface area contributed by atoms with E-state index in [1.807, 2.05) is 46.8 Å². The molecule has 0 saturated carbocycles. The molecule has 42 heavy (non-hydrogen) atoms. The molecule has 1 aromatic rings. The molecule has 0 bridgehead atoms. The Kier molecular flexibility index (Phi) is 12.7. The summed E-state index contributed by atoms with van der Waals surface area (Å²) in [5.74, 6) is 0. The van der Waals surface area contributed by atoms with Crippen molar-refractivity contribution < 1.29 is 19.0 Å². The number of ether oxygens (including phenoxy) is 3. The number of morpholine rings is 1. The van der Waals surface area contributed by atoms with Crippen LogP contribution in [0.5, 0.6) is 0 Å². The molecule has 2 heterocycles. The predicted octanol–water partition coefficient (Wildman–Crippen LogP) is 5.13. The monoisotopic (exact) mass is 577 g/mol. The molecule has 0 radical (unpaired) electrons. The number of allylic oxidation sites excluding steroid dienone is 6. The van der Waals surface area contributed by atoms with Crippen LogP contribution in [0.25, 0.3) is 5.70 Å². The van der Waals surface area contributed by atoms with E-state index >= 15 is 0 Å². The van der Waals surface area contributed by atoms with Gasteiger partial charge >= 0.3 is 6.09 Å². The molecule has 2 saturated heterocycles. The van der Waals surface area contributed by atoms with E-state index in [1.165, 1.54) is 5.69 Å². The molecule has 3 N–H and O–H groups in total. The van der Waals surface area contributed by atoms with Crippen molar-refractivity contribution in [3.8, 4) is 6.07 Å². The van der Waals surface area contributed by atoms with E-state index in [-0.39, 0.29) is 18.8 Å². The number of hydrogen-bond acceptors (Lipinski definition) is 8. The molecule has 9 heteroatoms. The van der Waals surface area contributed by atoms with Crippen molar-refractivity contribution in [2.45, 2.75) is 59.2 Å². The average Bonchev–Trinajstić information content (AvgIpc) is 3.47. The summed E-state index contributed by atoms with van der Waals surface area (Å²) in [6.45, 7) is 14.4. The maximum atomic E-state index is 12.4. The van der Waals surface area contributed by atoms with E-state index in [0.29, 0.717) is 38.2 Å². The molecule has 1 atom stereocenters. The summed E-state index contributed by atoms with van der Waals surface area (Å²) in [7, 11) is 0. The molecule has 0 aromatic heterocycles. The zero-order chi connectivity index (χ0) is 30.5. The Morgan fingerprint density at radius 3 is 2.48 bits per heavy atom. The topological polar surface area (TPSA) is 113 Å². The quantitative estimate of drug-likeness (QED) is 0.212. The molecular formula is C33H47N5O4. The van der Waals surface area contributed by atoms with Gasteiger partial charge in [0.25, 0.3) is 0 Å². The number of hydrogen-bond donors (Lipinski definition) is 2. The minimum absolute atomic E-state index is 0.132. The third-order valence-electron chi connectivity index (χ3n) is 7.15. The first kappa shape index (κ1) is 32.9. The fourth-order valence-electron chi connectivity index (χ4n) is 4.91. The van der Waals surface area contributed by atoms with Gasteiger partial charge in [0.15, 0.2) is 0 Å². The van der Waals surface area contributed by atoms with Gasteiger partial charge in [-0.1, -0.05) is 30.4 Å². The Morgan fingerprint density at radius 1 is 1.17 bits per heavy atom. The standard InChI is InChI=1S/C33H47N5O4/c1-6-26(10-13-31(36-24-35)28-8-11-29(12-9-28)37-16-18-40-19-17-37)27(7-2)20-25(21-34)23-41-30-14-15-38(22-30)32(39)42-33(3,4)5/h6-9,11-13,20,30,36H,10,14-19,22-24,35H2,1-5H3/b25-20-,26-6+,27-7+,31-13-. The summed E-state index contributed by atoms with van der Waals surface area (Å²) in [5.41, 5.74) is 11.1. The third-order valence-corrected chi connectivity index (χ3v) is 7.15. The summed E-state index contributed by atoms with van der Waals surface area (Å²) >= 11 is 0. The number of rotatable bonds is 11. The lowest BCUT2D eigenvalue weighted by atomic mass is 9.98. The van der Waals surface area contributed by atoms with Crippen molar-refractivity contribution >= 4 is 17.5 Å². The summed E-state index contributed by atoms with van der Waals surface area (Å²) in [4.78, 5) is 16.4. The van der Waals surface area contributed by atoms with Gasteiger partial charge in [0.05, 0.1) is 50.8 Å². The Hall–Kier alpha value is -3.58. The number of carbonyl (C=O) groups excluding carboxylic acids is 1. The van der Waals surface area contributed by atoms with Crippen molar-refractivity contribution in [1.29, 1.82) is 5.26 Å².